The third-order valence-corrected chi connectivity index (χ3v) is 5.35. The van der Waals surface area contributed by atoms with Gasteiger partial charge in [0.1, 0.15) is 28.7 Å². The lowest BCUT2D eigenvalue weighted by molar-refractivity contribution is -0.122. The smallest absolute Gasteiger partial charge is 0.410 e. The standard InChI is InChI=1S/C28H37N3O6/c1-27(2,3)36-25(33)30-20-16-17-31(26(34)37-28(4,5)6)23(18-20)24(32)29-19-12-14-22(15-13-19)35-21-10-8-7-9-11-21/h7-15,20,23H,16-18H2,1-6H3,(H,29,32)(H,30,33)/t20-,23-/m0/s1. The molecule has 9 heteroatoms. The molecule has 2 atom stereocenters. The summed E-state index contributed by atoms with van der Waals surface area (Å²) in [5.74, 6) is 0.954. The number of amides is 3. The van der Waals surface area contributed by atoms with Gasteiger partial charge in [0.05, 0.1) is 0 Å². The Morgan fingerprint density at radius 3 is 2.03 bits per heavy atom. The van der Waals surface area contributed by atoms with Crippen molar-refractivity contribution in [3.05, 3.63) is 54.6 Å². The number of likely N-dealkylation sites (tertiary alicyclic amines) is 1. The van der Waals surface area contributed by atoms with Gasteiger partial charge in [0.2, 0.25) is 5.91 Å². The van der Waals surface area contributed by atoms with Gasteiger partial charge in [0.25, 0.3) is 0 Å². The molecule has 200 valence electrons. The maximum Gasteiger partial charge on any atom is 0.410 e. The molecule has 1 saturated heterocycles. The summed E-state index contributed by atoms with van der Waals surface area (Å²) in [6.45, 7) is 10.9. The van der Waals surface area contributed by atoms with Crippen LogP contribution in [-0.4, -0.2) is 52.8 Å². The Kier molecular flexibility index (Phi) is 8.68. The largest absolute Gasteiger partial charge is 0.457 e. The molecular formula is C28H37N3O6. The highest BCUT2D eigenvalue weighted by Crippen LogP contribution is 2.25. The Hall–Kier alpha value is -3.75. The van der Waals surface area contributed by atoms with E-state index in [9.17, 15) is 14.4 Å². The van der Waals surface area contributed by atoms with Gasteiger partial charge in [0.15, 0.2) is 0 Å². The number of anilines is 1. The molecule has 1 heterocycles. The lowest BCUT2D eigenvalue weighted by Crippen LogP contribution is -2.57. The molecular weight excluding hydrogens is 474 g/mol. The number of hydrogen-bond acceptors (Lipinski definition) is 6. The van der Waals surface area contributed by atoms with E-state index in [1.54, 1.807) is 65.8 Å². The number of ether oxygens (including phenoxy) is 3. The summed E-state index contributed by atoms with van der Waals surface area (Å²) in [4.78, 5) is 40.0. The predicted octanol–water partition coefficient (Wildman–Crippen LogP) is 5.71. The molecule has 9 nitrogen and oxygen atoms in total. The fraction of sp³-hybridized carbons (Fsp3) is 0.464. The Bertz CT molecular complexity index is 1070. The van der Waals surface area contributed by atoms with Gasteiger partial charge in [-0.2, -0.15) is 0 Å². The van der Waals surface area contributed by atoms with E-state index in [0.717, 1.165) is 0 Å². The first-order valence-electron chi connectivity index (χ1n) is 12.4. The number of hydrogen-bond donors (Lipinski definition) is 2. The summed E-state index contributed by atoms with van der Waals surface area (Å²) in [7, 11) is 0. The van der Waals surface area contributed by atoms with Crippen LogP contribution in [0.25, 0.3) is 0 Å². The van der Waals surface area contributed by atoms with Gasteiger partial charge in [-0.25, -0.2) is 9.59 Å². The van der Waals surface area contributed by atoms with Gasteiger partial charge < -0.3 is 24.8 Å². The topological polar surface area (TPSA) is 106 Å². The van der Waals surface area contributed by atoms with Crippen LogP contribution in [0.2, 0.25) is 0 Å². The van der Waals surface area contributed by atoms with Crippen LogP contribution in [0, 0.1) is 0 Å². The van der Waals surface area contributed by atoms with E-state index in [1.807, 2.05) is 30.3 Å². The van der Waals surface area contributed by atoms with Crippen molar-refractivity contribution in [1.82, 2.24) is 10.2 Å². The molecule has 0 bridgehead atoms. The highest BCUT2D eigenvalue weighted by Gasteiger charge is 2.39. The third kappa shape index (κ3) is 9.00. The first-order chi connectivity index (χ1) is 17.3. The normalized spacial score (nSPS) is 17.9. The number of carbonyl (C=O) groups is 3. The quantitative estimate of drug-likeness (QED) is 0.533. The second kappa shape index (κ2) is 11.5. The number of carbonyl (C=O) groups excluding carboxylic acids is 3. The fourth-order valence-electron chi connectivity index (χ4n) is 3.81. The average Bonchev–Trinajstić information content (AvgIpc) is 2.78. The molecule has 2 N–H and O–H groups in total. The summed E-state index contributed by atoms with van der Waals surface area (Å²) in [5, 5.41) is 5.70. The number of nitrogens with one attached hydrogen (secondary N) is 2. The summed E-state index contributed by atoms with van der Waals surface area (Å²) < 4.78 is 16.7. The first kappa shape index (κ1) is 27.8. The van der Waals surface area contributed by atoms with Crippen LogP contribution < -0.4 is 15.4 Å². The van der Waals surface area contributed by atoms with Crippen molar-refractivity contribution in [2.45, 2.75) is 77.7 Å². The van der Waals surface area contributed by atoms with E-state index < -0.39 is 29.4 Å². The van der Waals surface area contributed by atoms with Crippen molar-refractivity contribution in [2.24, 2.45) is 0 Å². The van der Waals surface area contributed by atoms with Crippen LogP contribution in [0.4, 0.5) is 15.3 Å². The summed E-state index contributed by atoms with van der Waals surface area (Å²) in [6.07, 6.45) is -0.445. The van der Waals surface area contributed by atoms with Crippen LogP contribution in [0.15, 0.2) is 54.6 Å². The van der Waals surface area contributed by atoms with E-state index >= 15 is 0 Å². The van der Waals surface area contributed by atoms with Gasteiger partial charge in [-0.1, -0.05) is 18.2 Å². The highest BCUT2D eigenvalue weighted by molar-refractivity contribution is 5.96. The molecule has 0 aromatic heterocycles. The number of benzene rings is 2. The van der Waals surface area contributed by atoms with Gasteiger partial charge in [-0.3, -0.25) is 9.69 Å². The van der Waals surface area contributed by atoms with E-state index in [0.29, 0.717) is 23.6 Å². The molecule has 37 heavy (non-hydrogen) atoms. The molecule has 0 saturated carbocycles. The minimum atomic E-state index is -0.844. The molecule has 1 aliphatic rings. The van der Waals surface area contributed by atoms with Crippen molar-refractivity contribution in [3.63, 3.8) is 0 Å². The minimum Gasteiger partial charge on any atom is -0.457 e. The Morgan fingerprint density at radius 2 is 1.43 bits per heavy atom. The third-order valence-electron chi connectivity index (χ3n) is 5.35. The second-order valence-electron chi connectivity index (χ2n) is 11.0. The van der Waals surface area contributed by atoms with E-state index in [1.165, 1.54) is 4.90 Å². The Balaban J connectivity index is 1.70. The second-order valence-corrected chi connectivity index (χ2v) is 11.0. The number of para-hydroxylation sites is 1. The van der Waals surface area contributed by atoms with Gasteiger partial charge in [-0.15, -0.1) is 0 Å². The highest BCUT2D eigenvalue weighted by atomic mass is 16.6. The molecule has 0 spiro atoms. The number of alkyl carbamates (subject to hydrolysis) is 1. The lowest BCUT2D eigenvalue weighted by Gasteiger charge is -2.39. The Morgan fingerprint density at radius 1 is 0.838 bits per heavy atom. The first-order valence-corrected chi connectivity index (χ1v) is 12.4. The maximum atomic E-state index is 13.3. The summed E-state index contributed by atoms with van der Waals surface area (Å²) in [6, 6.07) is 15.2. The SMILES string of the molecule is CC(C)(C)OC(=O)N[C@H]1CCN(C(=O)OC(C)(C)C)[C@H](C(=O)Nc2ccc(Oc3ccccc3)cc2)C1. The van der Waals surface area contributed by atoms with E-state index in [2.05, 4.69) is 10.6 Å². The van der Waals surface area contributed by atoms with E-state index in [-0.39, 0.29) is 24.9 Å². The van der Waals surface area contributed by atoms with Crippen molar-refractivity contribution in [1.29, 1.82) is 0 Å². The number of rotatable bonds is 5. The van der Waals surface area contributed by atoms with Crippen LogP contribution in [0.1, 0.15) is 54.4 Å². The van der Waals surface area contributed by atoms with E-state index in [4.69, 9.17) is 14.2 Å². The molecule has 2 aromatic carbocycles. The lowest BCUT2D eigenvalue weighted by atomic mass is 9.96. The van der Waals surface area contributed by atoms with Crippen molar-refractivity contribution < 1.29 is 28.6 Å². The fourth-order valence-corrected chi connectivity index (χ4v) is 3.81. The molecule has 0 unspecified atom stereocenters. The molecule has 1 aliphatic heterocycles. The molecule has 1 fully saturated rings. The molecule has 2 aromatic rings. The number of nitrogens with zero attached hydrogens (tertiary/aromatic N) is 1. The van der Waals surface area contributed by atoms with Crippen molar-refractivity contribution >= 4 is 23.8 Å². The van der Waals surface area contributed by atoms with Crippen LogP contribution in [0.5, 0.6) is 11.5 Å². The Labute approximate surface area is 218 Å². The van der Waals surface area contributed by atoms with Gasteiger partial charge in [-0.05, 0) is 90.8 Å². The van der Waals surface area contributed by atoms with Crippen LogP contribution in [-0.2, 0) is 14.3 Å². The minimum absolute atomic E-state index is 0.222. The van der Waals surface area contributed by atoms with Crippen molar-refractivity contribution in [2.75, 3.05) is 11.9 Å². The van der Waals surface area contributed by atoms with Gasteiger partial charge >= 0.3 is 12.2 Å². The van der Waals surface area contributed by atoms with Crippen LogP contribution in [0.3, 0.4) is 0 Å². The molecule has 3 rings (SSSR count). The van der Waals surface area contributed by atoms with Gasteiger partial charge in [0, 0.05) is 18.3 Å². The number of piperidine rings is 1. The van der Waals surface area contributed by atoms with Crippen molar-refractivity contribution in [3.8, 4) is 11.5 Å². The molecule has 0 radical (unpaired) electrons. The summed E-state index contributed by atoms with van der Waals surface area (Å²) >= 11 is 0. The zero-order valence-electron chi connectivity index (χ0n) is 22.4. The molecule has 0 aliphatic carbocycles. The summed E-state index contributed by atoms with van der Waals surface area (Å²) in [5.41, 5.74) is -0.802. The zero-order chi connectivity index (χ0) is 27.2. The monoisotopic (exact) mass is 511 g/mol. The maximum absolute atomic E-state index is 13.3. The average molecular weight is 512 g/mol. The predicted molar refractivity (Wildman–Crippen MR) is 141 cm³/mol. The van der Waals surface area contributed by atoms with Crippen LogP contribution >= 0.6 is 0 Å². The molecule has 3 amide bonds. The zero-order valence-corrected chi connectivity index (χ0v) is 22.4.